The van der Waals surface area contributed by atoms with Gasteiger partial charge in [0, 0.05) is 28.8 Å². The van der Waals surface area contributed by atoms with Crippen molar-refractivity contribution in [2.75, 3.05) is 5.32 Å². The minimum absolute atomic E-state index is 0.0827. The number of aromatic amines is 1. The molecule has 0 saturated heterocycles. The van der Waals surface area contributed by atoms with Gasteiger partial charge in [0.05, 0.1) is 12.0 Å². The molecule has 0 radical (unpaired) electrons. The zero-order chi connectivity index (χ0) is 17.3. The molecule has 0 aliphatic rings. The average Bonchev–Trinajstić information content (AvgIpc) is 3.17. The Morgan fingerprint density at radius 1 is 1.17 bits per heavy atom. The van der Waals surface area contributed by atoms with E-state index in [2.05, 4.69) is 15.3 Å². The van der Waals surface area contributed by atoms with Crippen LogP contribution in [0.1, 0.15) is 39.2 Å². The lowest BCUT2D eigenvalue weighted by molar-refractivity contribution is 0.101. The minimum Gasteiger partial charge on any atom is -0.356 e. The molecule has 0 aliphatic carbocycles. The molecule has 0 saturated carbocycles. The molecule has 0 aliphatic heterocycles. The summed E-state index contributed by atoms with van der Waals surface area (Å²) in [5, 5.41) is 2.80. The van der Waals surface area contributed by atoms with E-state index in [0.29, 0.717) is 16.9 Å². The number of Topliss-reactive ketones (excluding diaryl/α,β-unsaturated/α-hetero) is 1. The van der Waals surface area contributed by atoms with E-state index in [4.69, 9.17) is 0 Å². The quantitative estimate of drug-likeness (QED) is 0.723. The lowest BCUT2D eigenvalue weighted by atomic mass is 10.2. The highest BCUT2D eigenvalue weighted by atomic mass is 16.2. The van der Waals surface area contributed by atoms with Gasteiger partial charge in [0.15, 0.2) is 5.78 Å². The van der Waals surface area contributed by atoms with Crippen molar-refractivity contribution in [3.05, 3.63) is 65.5 Å². The fourth-order valence-electron chi connectivity index (χ4n) is 2.39. The van der Waals surface area contributed by atoms with Gasteiger partial charge in [-0.25, -0.2) is 4.98 Å². The van der Waals surface area contributed by atoms with E-state index in [9.17, 15) is 9.59 Å². The van der Waals surface area contributed by atoms with Crippen LogP contribution in [0.25, 0.3) is 5.69 Å². The third kappa shape index (κ3) is 2.99. The van der Waals surface area contributed by atoms with Crippen molar-refractivity contribution in [1.29, 1.82) is 0 Å². The van der Waals surface area contributed by atoms with Crippen molar-refractivity contribution >= 4 is 17.4 Å². The van der Waals surface area contributed by atoms with Gasteiger partial charge in [-0.15, -0.1) is 0 Å². The summed E-state index contributed by atoms with van der Waals surface area (Å²) < 4.78 is 1.99. The Morgan fingerprint density at radius 3 is 2.42 bits per heavy atom. The molecule has 0 unspecified atom stereocenters. The van der Waals surface area contributed by atoms with Crippen LogP contribution in [0, 0.1) is 13.8 Å². The average molecular weight is 322 g/mol. The highest BCUT2D eigenvalue weighted by molar-refractivity contribution is 6.05. The van der Waals surface area contributed by atoms with Gasteiger partial charge in [-0.3, -0.25) is 9.59 Å². The van der Waals surface area contributed by atoms with E-state index in [-0.39, 0.29) is 11.7 Å². The number of carbonyl (C=O) groups is 2. The van der Waals surface area contributed by atoms with Crippen LogP contribution in [0.4, 0.5) is 5.69 Å². The van der Waals surface area contributed by atoms with Gasteiger partial charge < -0.3 is 14.9 Å². The predicted octanol–water partition coefficient (Wildman–Crippen LogP) is 3.27. The van der Waals surface area contributed by atoms with Gasteiger partial charge in [-0.2, -0.15) is 0 Å². The first-order valence-corrected chi connectivity index (χ1v) is 7.57. The normalized spacial score (nSPS) is 10.6. The molecule has 0 spiro atoms. The molecular weight excluding hydrogens is 304 g/mol. The maximum Gasteiger partial charge on any atom is 0.272 e. The number of hydrogen-bond donors (Lipinski definition) is 2. The highest BCUT2D eigenvalue weighted by Gasteiger charge is 2.11. The number of benzene rings is 1. The van der Waals surface area contributed by atoms with Crippen LogP contribution in [0.5, 0.6) is 0 Å². The van der Waals surface area contributed by atoms with Crippen LogP contribution in [-0.4, -0.2) is 26.2 Å². The minimum atomic E-state index is -0.287. The molecule has 0 fully saturated rings. The third-order valence-electron chi connectivity index (χ3n) is 3.99. The number of H-pyrrole nitrogens is 1. The molecule has 6 nitrogen and oxygen atoms in total. The summed E-state index contributed by atoms with van der Waals surface area (Å²) in [6.45, 7) is 5.44. The Bertz CT molecular complexity index is 904. The molecular formula is C18H18N4O2. The first kappa shape index (κ1) is 15.7. The number of nitrogens with zero attached hydrogens (tertiary/aromatic N) is 2. The third-order valence-corrected chi connectivity index (χ3v) is 3.99. The summed E-state index contributed by atoms with van der Waals surface area (Å²) in [4.78, 5) is 30.6. The number of nitrogens with one attached hydrogen (secondary N) is 2. The van der Waals surface area contributed by atoms with Crippen molar-refractivity contribution in [3.8, 4) is 5.69 Å². The lowest BCUT2D eigenvalue weighted by Gasteiger charge is -2.08. The molecule has 3 rings (SSSR count). The number of ketones is 1. The summed E-state index contributed by atoms with van der Waals surface area (Å²) in [5.41, 5.74) is 4.56. The van der Waals surface area contributed by atoms with Gasteiger partial charge in [0.25, 0.3) is 5.91 Å². The molecule has 1 aromatic carbocycles. The molecule has 0 atom stereocenters. The fraction of sp³-hybridized carbons (Fsp3) is 0.167. The summed E-state index contributed by atoms with van der Waals surface area (Å²) in [5.74, 6) is -0.370. The SMILES string of the molecule is CC(=O)c1c[nH]c(C(=O)Nc2ccc(-n3cnc(C)c3C)cc2)c1. The molecule has 0 bridgehead atoms. The number of anilines is 1. The van der Waals surface area contributed by atoms with Crippen LogP contribution in [-0.2, 0) is 0 Å². The molecule has 1 amide bonds. The Labute approximate surface area is 139 Å². The Balaban J connectivity index is 1.75. The van der Waals surface area contributed by atoms with Crippen LogP contribution in [0.2, 0.25) is 0 Å². The van der Waals surface area contributed by atoms with Crippen LogP contribution >= 0.6 is 0 Å². The number of aromatic nitrogens is 3. The summed E-state index contributed by atoms with van der Waals surface area (Å²) >= 11 is 0. The topological polar surface area (TPSA) is 79.8 Å². The summed E-state index contributed by atoms with van der Waals surface area (Å²) in [6, 6.07) is 9.04. The van der Waals surface area contributed by atoms with E-state index in [1.54, 1.807) is 12.4 Å². The van der Waals surface area contributed by atoms with E-state index in [1.807, 2.05) is 42.7 Å². The van der Waals surface area contributed by atoms with Gasteiger partial charge >= 0.3 is 0 Å². The number of rotatable bonds is 4. The van der Waals surface area contributed by atoms with E-state index >= 15 is 0 Å². The first-order chi connectivity index (χ1) is 11.5. The van der Waals surface area contributed by atoms with Crippen molar-refractivity contribution in [3.63, 3.8) is 0 Å². The van der Waals surface area contributed by atoms with Crippen molar-refractivity contribution < 1.29 is 9.59 Å². The van der Waals surface area contributed by atoms with E-state index in [0.717, 1.165) is 17.1 Å². The van der Waals surface area contributed by atoms with Crippen LogP contribution in [0.15, 0.2) is 42.9 Å². The number of imidazole rings is 1. The van der Waals surface area contributed by atoms with Gasteiger partial charge in [0.1, 0.15) is 5.69 Å². The van der Waals surface area contributed by atoms with E-state index in [1.165, 1.54) is 13.1 Å². The Kier molecular flexibility index (Phi) is 4.04. The lowest BCUT2D eigenvalue weighted by Crippen LogP contribution is -2.12. The second-order valence-corrected chi connectivity index (χ2v) is 5.64. The smallest absolute Gasteiger partial charge is 0.272 e. The molecule has 2 heterocycles. The maximum atomic E-state index is 12.2. The largest absolute Gasteiger partial charge is 0.356 e. The second kappa shape index (κ2) is 6.16. The summed E-state index contributed by atoms with van der Waals surface area (Å²) in [7, 11) is 0. The van der Waals surface area contributed by atoms with Crippen molar-refractivity contribution in [1.82, 2.24) is 14.5 Å². The van der Waals surface area contributed by atoms with E-state index < -0.39 is 0 Å². The van der Waals surface area contributed by atoms with Crippen LogP contribution in [0.3, 0.4) is 0 Å². The molecule has 3 aromatic rings. The van der Waals surface area contributed by atoms with Gasteiger partial charge in [-0.05, 0) is 51.1 Å². The highest BCUT2D eigenvalue weighted by Crippen LogP contribution is 2.17. The zero-order valence-corrected chi connectivity index (χ0v) is 13.8. The first-order valence-electron chi connectivity index (χ1n) is 7.57. The molecule has 122 valence electrons. The standard InChI is InChI=1S/C18H18N4O2/c1-11-12(2)22(10-20-11)16-6-4-15(5-7-16)21-18(24)17-8-14(9-19-17)13(3)23/h4-10,19H,1-3H3,(H,21,24). The number of carbonyl (C=O) groups excluding carboxylic acids is 2. The maximum absolute atomic E-state index is 12.2. The second-order valence-electron chi connectivity index (χ2n) is 5.64. The molecule has 6 heteroatoms. The van der Waals surface area contributed by atoms with Crippen molar-refractivity contribution in [2.45, 2.75) is 20.8 Å². The molecule has 2 N–H and O–H groups in total. The monoisotopic (exact) mass is 322 g/mol. The van der Waals surface area contributed by atoms with Crippen molar-refractivity contribution in [2.24, 2.45) is 0 Å². The zero-order valence-electron chi connectivity index (χ0n) is 13.8. The Morgan fingerprint density at radius 2 is 1.88 bits per heavy atom. The number of amides is 1. The summed E-state index contributed by atoms with van der Waals surface area (Å²) in [6.07, 6.45) is 3.31. The van der Waals surface area contributed by atoms with Gasteiger partial charge in [-0.1, -0.05) is 0 Å². The van der Waals surface area contributed by atoms with Crippen LogP contribution < -0.4 is 5.32 Å². The number of hydrogen-bond acceptors (Lipinski definition) is 3. The van der Waals surface area contributed by atoms with Gasteiger partial charge in [0.2, 0.25) is 0 Å². The Hall–Kier alpha value is -3.15. The predicted molar refractivity (Wildman–Crippen MR) is 91.8 cm³/mol. The fourth-order valence-corrected chi connectivity index (χ4v) is 2.39. The molecule has 2 aromatic heterocycles. The molecule has 24 heavy (non-hydrogen) atoms. The number of aryl methyl sites for hydroxylation is 1.